The molecule has 0 saturated carbocycles. The van der Waals surface area contributed by atoms with Crippen LogP contribution in [0.3, 0.4) is 0 Å². The molecular weight excluding hydrogens is 152 g/mol. The Morgan fingerprint density at radius 2 is 2.50 bits per heavy atom. The molecule has 2 aromatic rings. The summed E-state index contributed by atoms with van der Waals surface area (Å²) in [4.78, 5) is 18.1. The van der Waals surface area contributed by atoms with Gasteiger partial charge in [-0.3, -0.25) is 9.78 Å². The SMILES string of the molecule is CC(=O)c1cnc2cc[nH]c2c1.[HH]. The fraction of sp³-hybridized carbons (Fsp3) is 0.111. The Morgan fingerprint density at radius 1 is 1.67 bits per heavy atom. The number of carbonyl (C=O) groups is 1. The van der Waals surface area contributed by atoms with Gasteiger partial charge in [0.05, 0.1) is 11.0 Å². The second-order valence-electron chi connectivity index (χ2n) is 2.69. The normalized spacial score (nSPS) is 10.4. The number of nitrogens with zero attached hydrogens (tertiary/aromatic N) is 1. The number of Topliss-reactive ketones (excluding diaryl/α,β-unsaturated/α-hetero) is 1. The van der Waals surface area contributed by atoms with Crippen LogP contribution in [-0.4, -0.2) is 15.8 Å². The summed E-state index contributed by atoms with van der Waals surface area (Å²) in [5.41, 5.74) is 2.44. The lowest BCUT2D eigenvalue weighted by atomic mass is 10.2. The van der Waals surface area contributed by atoms with Gasteiger partial charge in [-0.25, -0.2) is 0 Å². The van der Waals surface area contributed by atoms with E-state index in [2.05, 4.69) is 9.97 Å². The van der Waals surface area contributed by atoms with Crippen LogP contribution in [0.4, 0.5) is 0 Å². The molecule has 3 nitrogen and oxygen atoms in total. The fourth-order valence-electron chi connectivity index (χ4n) is 1.13. The zero-order valence-corrected chi connectivity index (χ0v) is 6.66. The van der Waals surface area contributed by atoms with Gasteiger partial charge >= 0.3 is 0 Å². The maximum absolute atomic E-state index is 11.0. The highest BCUT2D eigenvalue weighted by atomic mass is 16.1. The van der Waals surface area contributed by atoms with Crippen molar-refractivity contribution in [2.75, 3.05) is 0 Å². The Bertz CT molecular complexity index is 436. The summed E-state index contributed by atoms with van der Waals surface area (Å²) < 4.78 is 0. The summed E-state index contributed by atoms with van der Waals surface area (Å²) in [6.45, 7) is 1.53. The molecule has 1 N–H and O–H groups in total. The molecule has 0 amide bonds. The van der Waals surface area contributed by atoms with E-state index in [9.17, 15) is 4.79 Å². The van der Waals surface area contributed by atoms with Crippen LogP contribution in [0.1, 0.15) is 18.7 Å². The molecule has 2 heterocycles. The number of fused-ring (bicyclic) bond motifs is 1. The maximum Gasteiger partial charge on any atom is 0.161 e. The first-order chi connectivity index (χ1) is 5.77. The summed E-state index contributed by atoms with van der Waals surface area (Å²) in [6.07, 6.45) is 3.40. The second kappa shape index (κ2) is 2.44. The highest BCUT2D eigenvalue weighted by molar-refractivity contribution is 5.96. The van der Waals surface area contributed by atoms with Gasteiger partial charge in [0.2, 0.25) is 0 Å². The zero-order valence-electron chi connectivity index (χ0n) is 6.66. The molecule has 0 spiro atoms. The Kier molecular flexibility index (Phi) is 1.43. The zero-order chi connectivity index (χ0) is 8.55. The first kappa shape index (κ1) is 7.03. The summed E-state index contributed by atoms with van der Waals surface area (Å²) in [6, 6.07) is 3.68. The highest BCUT2D eigenvalue weighted by Gasteiger charge is 2.01. The molecule has 0 aromatic carbocycles. The number of rotatable bonds is 1. The lowest BCUT2D eigenvalue weighted by Crippen LogP contribution is -1.92. The molecule has 12 heavy (non-hydrogen) atoms. The van der Waals surface area contributed by atoms with Crippen LogP contribution in [0.5, 0.6) is 0 Å². The third kappa shape index (κ3) is 0.993. The smallest absolute Gasteiger partial charge is 0.161 e. The Hall–Kier alpha value is -1.64. The van der Waals surface area contributed by atoms with Crippen molar-refractivity contribution in [1.82, 2.24) is 9.97 Å². The maximum atomic E-state index is 11.0. The fourth-order valence-corrected chi connectivity index (χ4v) is 1.13. The van der Waals surface area contributed by atoms with Crippen molar-refractivity contribution in [3.05, 3.63) is 30.1 Å². The molecule has 0 atom stereocenters. The highest BCUT2D eigenvalue weighted by Crippen LogP contribution is 2.10. The number of hydrogen-bond acceptors (Lipinski definition) is 2. The van der Waals surface area contributed by atoms with Crippen LogP contribution in [-0.2, 0) is 0 Å². The van der Waals surface area contributed by atoms with E-state index in [1.54, 1.807) is 6.20 Å². The predicted octanol–water partition coefficient (Wildman–Crippen LogP) is 2.01. The van der Waals surface area contributed by atoms with E-state index in [1.165, 1.54) is 6.92 Å². The number of nitrogens with one attached hydrogen (secondary N) is 1. The van der Waals surface area contributed by atoms with Crippen molar-refractivity contribution in [1.29, 1.82) is 0 Å². The first-order valence-corrected chi connectivity index (χ1v) is 3.71. The third-order valence-corrected chi connectivity index (χ3v) is 1.81. The van der Waals surface area contributed by atoms with Crippen molar-refractivity contribution >= 4 is 16.8 Å². The van der Waals surface area contributed by atoms with Gasteiger partial charge in [0, 0.05) is 19.4 Å². The van der Waals surface area contributed by atoms with E-state index in [0.29, 0.717) is 5.56 Å². The third-order valence-electron chi connectivity index (χ3n) is 1.81. The summed E-state index contributed by atoms with van der Waals surface area (Å²) >= 11 is 0. The standard InChI is InChI=1S/C9H8N2O.H2/c1-6(12)7-4-9-8(11-5-7)2-3-10-9;/h2-5,10H,1H3;1H. The van der Waals surface area contributed by atoms with Crippen LogP contribution in [0, 0.1) is 0 Å². The van der Waals surface area contributed by atoms with Gasteiger partial charge in [-0.2, -0.15) is 0 Å². The van der Waals surface area contributed by atoms with E-state index in [-0.39, 0.29) is 7.21 Å². The molecule has 0 saturated heterocycles. The minimum absolute atomic E-state index is 0. The molecule has 0 bridgehead atoms. The summed E-state index contributed by atoms with van der Waals surface area (Å²) in [5, 5.41) is 0. The van der Waals surface area contributed by atoms with Crippen molar-refractivity contribution in [3.63, 3.8) is 0 Å². The average molecular weight is 162 g/mol. The Balaban J connectivity index is 0.000000845. The lowest BCUT2D eigenvalue weighted by molar-refractivity contribution is 0.101. The molecule has 2 aromatic heterocycles. The van der Waals surface area contributed by atoms with Crippen molar-refractivity contribution in [2.24, 2.45) is 0 Å². The van der Waals surface area contributed by atoms with E-state index >= 15 is 0 Å². The van der Waals surface area contributed by atoms with Crippen molar-refractivity contribution < 1.29 is 6.22 Å². The molecule has 0 radical (unpaired) electrons. The van der Waals surface area contributed by atoms with Crippen LogP contribution in [0.2, 0.25) is 0 Å². The molecule has 62 valence electrons. The second-order valence-corrected chi connectivity index (χ2v) is 2.69. The van der Waals surface area contributed by atoms with Crippen molar-refractivity contribution in [2.45, 2.75) is 6.92 Å². The number of hydrogen-bond donors (Lipinski definition) is 1. The topological polar surface area (TPSA) is 45.8 Å². The molecule has 0 aliphatic rings. The van der Waals surface area contributed by atoms with E-state index < -0.39 is 0 Å². The van der Waals surface area contributed by atoms with Crippen LogP contribution >= 0.6 is 0 Å². The van der Waals surface area contributed by atoms with Gasteiger partial charge in [0.1, 0.15) is 0 Å². The van der Waals surface area contributed by atoms with Crippen molar-refractivity contribution in [3.8, 4) is 0 Å². The van der Waals surface area contributed by atoms with Gasteiger partial charge in [-0.15, -0.1) is 0 Å². The molecule has 3 heteroatoms. The number of H-pyrrole nitrogens is 1. The van der Waals surface area contributed by atoms with E-state index in [1.807, 2.05) is 18.3 Å². The number of pyridine rings is 1. The molecule has 2 rings (SSSR count). The number of ketones is 1. The van der Waals surface area contributed by atoms with Gasteiger partial charge in [0.25, 0.3) is 0 Å². The molecular formula is C9H10N2O. The largest absolute Gasteiger partial charge is 0.360 e. The number of carbonyl (C=O) groups excluding carboxylic acids is 1. The minimum atomic E-state index is 0. The summed E-state index contributed by atoms with van der Waals surface area (Å²) in [7, 11) is 0. The van der Waals surface area contributed by atoms with E-state index in [4.69, 9.17) is 0 Å². The van der Waals surface area contributed by atoms with Gasteiger partial charge in [-0.1, -0.05) is 0 Å². The first-order valence-electron chi connectivity index (χ1n) is 3.71. The number of aromatic amines is 1. The quantitative estimate of drug-likeness (QED) is 0.652. The van der Waals surface area contributed by atoms with Gasteiger partial charge < -0.3 is 4.98 Å². The molecule has 0 fully saturated rings. The van der Waals surface area contributed by atoms with E-state index in [0.717, 1.165) is 11.0 Å². The Morgan fingerprint density at radius 3 is 3.25 bits per heavy atom. The monoisotopic (exact) mass is 162 g/mol. The lowest BCUT2D eigenvalue weighted by Gasteiger charge is -1.93. The molecule has 0 unspecified atom stereocenters. The van der Waals surface area contributed by atoms with Gasteiger partial charge in [-0.05, 0) is 19.1 Å². The predicted molar refractivity (Wildman–Crippen MR) is 48.2 cm³/mol. The summed E-state index contributed by atoms with van der Waals surface area (Å²) in [5.74, 6) is 0.0407. The van der Waals surface area contributed by atoms with Crippen LogP contribution in [0.25, 0.3) is 11.0 Å². The molecule has 0 aliphatic heterocycles. The minimum Gasteiger partial charge on any atom is -0.360 e. The van der Waals surface area contributed by atoms with Crippen LogP contribution in [0.15, 0.2) is 24.5 Å². The Labute approximate surface area is 70.9 Å². The van der Waals surface area contributed by atoms with Crippen LogP contribution < -0.4 is 0 Å². The van der Waals surface area contributed by atoms with Gasteiger partial charge in [0.15, 0.2) is 5.78 Å². The average Bonchev–Trinajstić information content (AvgIpc) is 2.49. The molecule has 0 aliphatic carbocycles. The number of aromatic nitrogens is 2.